The minimum absolute atomic E-state index is 0.217. The summed E-state index contributed by atoms with van der Waals surface area (Å²) >= 11 is 0. The van der Waals surface area contributed by atoms with Crippen molar-refractivity contribution in [2.75, 3.05) is 23.8 Å². The molecule has 1 aromatic rings. The van der Waals surface area contributed by atoms with E-state index in [2.05, 4.69) is 9.97 Å². The Bertz CT molecular complexity index is 425. The van der Waals surface area contributed by atoms with Gasteiger partial charge in [0.2, 0.25) is 5.95 Å². The fourth-order valence-corrected chi connectivity index (χ4v) is 1.85. The van der Waals surface area contributed by atoms with Gasteiger partial charge in [-0.3, -0.25) is 4.79 Å². The number of hydrogen-bond acceptors (Lipinski definition) is 6. The van der Waals surface area contributed by atoms with Crippen molar-refractivity contribution in [3.63, 3.8) is 0 Å². The Morgan fingerprint density at radius 1 is 1.56 bits per heavy atom. The Morgan fingerprint density at radius 3 is 2.83 bits per heavy atom. The summed E-state index contributed by atoms with van der Waals surface area (Å²) in [6, 6.07) is 2.21. The normalized spacial score (nSPS) is 14.3. The summed E-state index contributed by atoms with van der Waals surface area (Å²) < 4.78 is 4.98. The van der Waals surface area contributed by atoms with Crippen molar-refractivity contribution in [2.45, 2.75) is 32.7 Å². The third kappa shape index (κ3) is 3.09. The molecule has 0 spiro atoms. The van der Waals surface area contributed by atoms with Crippen LogP contribution >= 0.6 is 0 Å². The van der Waals surface area contributed by atoms with E-state index in [1.165, 1.54) is 0 Å². The molecule has 2 N–H and O–H groups in total. The van der Waals surface area contributed by atoms with E-state index in [9.17, 15) is 4.79 Å². The zero-order valence-corrected chi connectivity index (χ0v) is 10.7. The molecule has 0 unspecified atom stereocenters. The predicted octanol–water partition coefficient (Wildman–Crippen LogP) is 0.899. The molecule has 0 aliphatic heterocycles. The van der Waals surface area contributed by atoms with Gasteiger partial charge in [0, 0.05) is 17.8 Å². The first kappa shape index (κ1) is 12.6. The number of nitrogens with zero attached hydrogens (tertiary/aromatic N) is 3. The highest BCUT2D eigenvalue weighted by atomic mass is 16.5. The van der Waals surface area contributed by atoms with Gasteiger partial charge in [-0.15, -0.1) is 0 Å². The minimum atomic E-state index is -0.237. The number of aryl methyl sites for hydroxylation is 1. The number of carbonyl (C=O) groups is 1. The van der Waals surface area contributed by atoms with Gasteiger partial charge in [0.1, 0.15) is 12.4 Å². The third-order valence-electron chi connectivity index (χ3n) is 2.74. The molecule has 0 atom stereocenters. The highest BCUT2D eigenvalue weighted by molar-refractivity contribution is 5.75. The van der Waals surface area contributed by atoms with Crippen LogP contribution in [0.15, 0.2) is 6.07 Å². The fourth-order valence-electron chi connectivity index (χ4n) is 1.85. The quantitative estimate of drug-likeness (QED) is 0.782. The zero-order valence-electron chi connectivity index (χ0n) is 10.7. The summed E-state index contributed by atoms with van der Waals surface area (Å²) in [6.07, 6.45) is 2.14. The van der Waals surface area contributed by atoms with Crippen LogP contribution in [0.3, 0.4) is 0 Å². The van der Waals surface area contributed by atoms with Crippen LogP contribution in [0, 0.1) is 6.92 Å². The second-order valence-electron chi connectivity index (χ2n) is 4.39. The van der Waals surface area contributed by atoms with Crippen molar-refractivity contribution in [3.05, 3.63) is 11.8 Å². The molecule has 1 heterocycles. The van der Waals surface area contributed by atoms with E-state index in [0.717, 1.165) is 18.5 Å². The Kier molecular flexibility index (Phi) is 3.64. The minimum Gasteiger partial charge on any atom is -0.465 e. The van der Waals surface area contributed by atoms with Crippen LogP contribution in [0.5, 0.6) is 0 Å². The first-order valence-electron chi connectivity index (χ1n) is 6.13. The van der Waals surface area contributed by atoms with Gasteiger partial charge in [0.25, 0.3) is 0 Å². The molecular weight excluding hydrogens is 232 g/mol. The molecule has 18 heavy (non-hydrogen) atoms. The summed E-state index contributed by atoms with van der Waals surface area (Å²) in [6.45, 7) is 4.26. The third-order valence-corrected chi connectivity index (χ3v) is 2.74. The maximum absolute atomic E-state index is 11.6. The Labute approximate surface area is 106 Å². The van der Waals surface area contributed by atoms with Crippen LogP contribution in [-0.4, -0.2) is 35.1 Å². The van der Waals surface area contributed by atoms with Crippen LogP contribution < -0.4 is 10.6 Å². The van der Waals surface area contributed by atoms with Gasteiger partial charge in [0.15, 0.2) is 0 Å². The van der Waals surface area contributed by atoms with Crippen molar-refractivity contribution in [2.24, 2.45) is 0 Å². The van der Waals surface area contributed by atoms with Crippen molar-refractivity contribution in [3.8, 4) is 0 Å². The summed E-state index contributed by atoms with van der Waals surface area (Å²) in [4.78, 5) is 21.8. The van der Waals surface area contributed by atoms with E-state index in [-0.39, 0.29) is 18.5 Å². The average Bonchev–Trinajstić information content (AvgIpc) is 3.08. The monoisotopic (exact) mass is 250 g/mol. The van der Waals surface area contributed by atoms with Gasteiger partial charge in [-0.25, -0.2) is 4.98 Å². The van der Waals surface area contributed by atoms with Gasteiger partial charge in [0.05, 0.1) is 6.61 Å². The molecule has 6 heteroatoms. The smallest absolute Gasteiger partial charge is 0.325 e. The molecule has 0 bridgehead atoms. The van der Waals surface area contributed by atoms with Gasteiger partial charge < -0.3 is 15.4 Å². The lowest BCUT2D eigenvalue weighted by atomic mass is 10.3. The molecule has 6 nitrogen and oxygen atoms in total. The van der Waals surface area contributed by atoms with Crippen molar-refractivity contribution >= 4 is 17.7 Å². The lowest BCUT2D eigenvalue weighted by Gasteiger charge is -2.22. The molecule has 1 aliphatic carbocycles. The van der Waals surface area contributed by atoms with E-state index in [0.29, 0.717) is 18.5 Å². The predicted molar refractivity (Wildman–Crippen MR) is 68.2 cm³/mol. The Balaban J connectivity index is 2.16. The number of carbonyl (C=O) groups excluding carboxylic acids is 1. The number of rotatable bonds is 5. The number of nitrogen functional groups attached to an aromatic ring is 1. The topological polar surface area (TPSA) is 81.3 Å². The molecule has 0 aromatic carbocycles. The van der Waals surface area contributed by atoms with Gasteiger partial charge >= 0.3 is 5.97 Å². The van der Waals surface area contributed by atoms with Crippen LogP contribution in [0.25, 0.3) is 0 Å². The van der Waals surface area contributed by atoms with Crippen LogP contribution in [-0.2, 0) is 9.53 Å². The number of nitrogens with two attached hydrogens (primary N) is 1. The van der Waals surface area contributed by atoms with Crippen molar-refractivity contribution in [1.82, 2.24) is 9.97 Å². The lowest BCUT2D eigenvalue weighted by molar-refractivity contribution is -0.141. The number of esters is 1. The number of ether oxygens (including phenoxy) is 1. The zero-order chi connectivity index (χ0) is 13.1. The number of aromatic nitrogens is 2. The SMILES string of the molecule is CCOC(=O)CN(c1cc(C)nc(N)n1)C1CC1. The molecule has 1 saturated carbocycles. The second-order valence-corrected chi connectivity index (χ2v) is 4.39. The highest BCUT2D eigenvalue weighted by Gasteiger charge is 2.32. The van der Waals surface area contributed by atoms with E-state index in [1.807, 2.05) is 17.9 Å². The molecule has 0 saturated heterocycles. The molecule has 0 radical (unpaired) electrons. The number of hydrogen-bond donors (Lipinski definition) is 1. The summed E-state index contributed by atoms with van der Waals surface area (Å²) in [5.74, 6) is 0.703. The average molecular weight is 250 g/mol. The molecule has 1 aliphatic rings. The first-order valence-corrected chi connectivity index (χ1v) is 6.13. The fraction of sp³-hybridized carbons (Fsp3) is 0.583. The second kappa shape index (κ2) is 5.20. The highest BCUT2D eigenvalue weighted by Crippen LogP contribution is 2.30. The molecule has 2 rings (SSSR count). The largest absolute Gasteiger partial charge is 0.465 e. The van der Waals surface area contributed by atoms with E-state index < -0.39 is 0 Å². The maximum atomic E-state index is 11.6. The first-order chi connectivity index (χ1) is 8.60. The van der Waals surface area contributed by atoms with E-state index in [4.69, 9.17) is 10.5 Å². The van der Waals surface area contributed by atoms with Crippen molar-refractivity contribution in [1.29, 1.82) is 0 Å². The maximum Gasteiger partial charge on any atom is 0.325 e. The van der Waals surface area contributed by atoms with Crippen LogP contribution in [0.2, 0.25) is 0 Å². The standard InChI is InChI=1S/C12H18N4O2/c1-3-18-11(17)7-16(9-4-5-9)10-6-8(2)14-12(13)15-10/h6,9H,3-5,7H2,1-2H3,(H2,13,14,15). The van der Waals surface area contributed by atoms with Gasteiger partial charge in [-0.05, 0) is 26.7 Å². The molecule has 1 aromatic heterocycles. The van der Waals surface area contributed by atoms with Crippen molar-refractivity contribution < 1.29 is 9.53 Å². The Morgan fingerprint density at radius 2 is 2.28 bits per heavy atom. The molecule has 98 valence electrons. The van der Waals surface area contributed by atoms with E-state index >= 15 is 0 Å². The molecule has 0 amide bonds. The molecule has 1 fully saturated rings. The summed E-state index contributed by atoms with van der Waals surface area (Å²) in [5, 5.41) is 0. The Hall–Kier alpha value is -1.85. The summed E-state index contributed by atoms with van der Waals surface area (Å²) in [5.41, 5.74) is 6.44. The number of anilines is 2. The molecular formula is C12H18N4O2. The van der Waals surface area contributed by atoms with E-state index in [1.54, 1.807) is 6.92 Å². The lowest BCUT2D eigenvalue weighted by Crippen LogP contribution is -2.33. The van der Waals surface area contributed by atoms with Gasteiger partial charge in [-0.2, -0.15) is 4.98 Å². The van der Waals surface area contributed by atoms with Crippen LogP contribution in [0.4, 0.5) is 11.8 Å². The van der Waals surface area contributed by atoms with Crippen LogP contribution in [0.1, 0.15) is 25.5 Å². The summed E-state index contributed by atoms with van der Waals surface area (Å²) in [7, 11) is 0. The van der Waals surface area contributed by atoms with Gasteiger partial charge in [-0.1, -0.05) is 0 Å².